The fraction of sp³-hybridized carbons (Fsp3) is 0.455. The molecule has 0 spiro atoms. The van der Waals surface area contributed by atoms with Gasteiger partial charge in [0, 0.05) is 6.92 Å². The quantitative estimate of drug-likeness (QED) is 0.282. The van der Waals surface area contributed by atoms with Crippen LogP contribution in [0.3, 0.4) is 0 Å². The predicted octanol–water partition coefficient (Wildman–Crippen LogP) is 2.03. The smallest absolute Gasteiger partial charge is 0.302 e. The molecule has 3 heteroatoms. The van der Waals surface area contributed by atoms with Gasteiger partial charge in [-0.25, -0.2) is 0 Å². The number of allylic oxidation sites excluding steroid dienone is 3. The highest BCUT2D eigenvalue weighted by Gasteiger charge is 1.86. The molecule has 0 fully saturated rings. The van der Waals surface area contributed by atoms with Gasteiger partial charge in [-0.15, -0.1) is 0 Å². The average Bonchev–Trinajstić information content (AvgIpc) is 2.08. The van der Waals surface area contributed by atoms with Crippen molar-refractivity contribution in [2.24, 2.45) is 0 Å². The standard InChI is InChI=1S/C11H16O3/c1-10(12)8-6-4-3-5-7-9-14-11(2)13/h5-8H,3-4,9H2,1-2H3/b7-5?,8-6+. The molecular formula is C11H16O3. The number of rotatable bonds is 6. The topological polar surface area (TPSA) is 43.4 Å². The number of esters is 1. The van der Waals surface area contributed by atoms with Gasteiger partial charge < -0.3 is 4.74 Å². The van der Waals surface area contributed by atoms with Gasteiger partial charge in [0.15, 0.2) is 5.78 Å². The van der Waals surface area contributed by atoms with Gasteiger partial charge in [0.1, 0.15) is 6.61 Å². The Morgan fingerprint density at radius 3 is 2.29 bits per heavy atom. The van der Waals surface area contributed by atoms with Gasteiger partial charge in [0.25, 0.3) is 0 Å². The van der Waals surface area contributed by atoms with Crippen molar-refractivity contribution in [3.63, 3.8) is 0 Å². The number of carbonyl (C=O) groups is 2. The summed E-state index contributed by atoms with van der Waals surface area (Å²) in [5.74, 6) is -0.208. The molecule has 0 aliphatic rings. The first-order valence-electron chi connectivity index (χ1n) is 4.58. The van der Waals surface area contributed by atoms with E-state index in [4.69, 9.17) is 0 Å². The van der Waals surface area contributed by atoms with Crippen LogP contribution >= 0.6 is 0 Å². The van der Waals surface area contributed by atoms with Crippen LogP contribution in [0.25, 0.3) is 0 Å². The number of carbonyl (C=O) groups excluding carboxylic acids is 2. The normalized spacial score (nSPS) is 11.0. The lowest BCUT2D eigenvalue weighted by atomic mass is 10.2. The highest BCUT2D eigenvalue weighted by atomic mass is 16.5. The van der Waals surface area contributed by atoms with Crippen molar-refractivity contribution in [1.29, 1.82) is 0 Å². The van der Waals surface area contributed by atoms with E-state index < -0.39 is 0 Å². The van der Waals surface area contributed by atoms with Crippen molar-refractivity contribution in [3.8, 4) is 0 Å². The zero-order valence-electron chi connectivity index (χ0n) is 8.66. The average molecular weight is 196 g/mol. The van der Waals surface area contributed by atoms with Crippen molar-refractivity contribution >= 4 is 11.8 Å². The van der Waals surface area contributed by atoms with Crippen LogP contribution in [0.2, 0.25) is 0 Å². The summed E-state index contributed by atoms with van der Waals surface area (Å²) in [6.45, 7) is 3.22. The van der Waals surface area contributed by atoms with E-state index in [2.05, 4.69) is 4.74 Å². The minimum absolute atomic E-state index is 0.0638. The van der Waals surface area contributed by atoms with Gasteiger partial charge in [0.2, 0.25) is 0 Å². The van der Waals surface area contributed by atoms with E-state index in [0.29, 0.717) is 6.61 Å². The van der Waals surface area contributed by atoms with Gasteiger partial charge in [-0.3, -0.25) is 9.59 Å². The molecule has 0 N–H and O–H groups in total. The molecule has 0 rings (SSSR count). The Morgan fingerprint density at radius 2 is 1.71 bits per heavy atom. The fourth-order valence-corrected chi connectivity index (χ4v) is 0.793. The molecule has 0 saturated carbocycles. The number of hydrogen-bond acceptors (Lipinski definition) is 3. The maximum Gasteiger partial charge on any atom is 0.302 e. The van der Waals surface area contributed by atoms with E-state index in [1.807, 2.05) is 12.2 Å². The molecule has 0 aromatic rings. The van der Waals surface area contributed by atoms with Crippen LogP contribution < -0.4 is 0 Å². The van der Waals surface area contributed by atoms with E-state index in [1.165, 1.54) is 13.8 Å². The number of ketones is 1. The van der Waals surface area contributed by atoms with Crippen LogP contribution in [-0.2, 0) is 14.3 Å². The van der Waals surface area contributed by atoms with Crippen LogP contribution in [0.5, 0.6) is 0 Å². The summed E-state index contributed by atoms with van der Waals surface area (Å²) >= 11 is 0. The molecule has 0 aliphatic carbocycles. The molecule has 78 valence electrons. The molecule has 0 atom stereocenters. The molecule has 0 aliphatic heterocycles. The van der Waals surface area contributed by atoms with Crippen LogP contribution in [-0.4, -0.2) is 18.4 Å². The second kappa shape index (κ2) is 8.23. The summed E-state index contributed by atoms with van der Waals surface area (Å²) in [4.78, 5) is 20.8. The summed E-state index contributed by atoms with van der Waals surface area (Å²) < 4.78 is 4.69. The zero-order valence-corrected chi connectivity index (χ0v) is 8.66. The first-order chi connectivity index (χ1) is 6.63. The zero-order chi connectivity index (χ0) is 10.8. The lowest BCUT2D eigenvalue weighted by Crippen LogP contribution is -1.97. The molecule has 0 radical (unpaired) electrons. The SMILES string of the molecule is CC(=O)/C=C/CCC=CCOC(C)=O. The van der Waals surface area contributed by atoms with E-state index in [0.717, 1.165) is 12.8 Å². The van der Waals surface area contributed by atoms with Gasteiger partial charge in [-0.2, -0.15) is 0 Å². The van der Waals surface area contributed by atoms with Crippen molar-refractivity contribution in [2.75, 3.05) is 6.61 Å². The summed E-state index contributed by atoms with van der Waals surface area (Å²) in [5, 5.41) is 0. The Hall–Kier alpha value is -1.38. The van der Waals surface area contributed by atoms with Crippen LogP contribution in [0.15, 0.2) is 24.3 Å². The Kier molecular flexibility index (Phi) is 7.42. The maximum atomic E-state index is 10.5. The van der Waals surface area contributed by atoms with Crippen molar-refractivity contribution in [3.05, 3.63) is 24.3 Å². The second-order valence-corrected chi connectivity index (χ2v) is 2.86. The third-order valence-electron chi connectivity index (χ3n) is 1.40. The summed E-state index contributed by atoms with van der Waals surface area (Å²) in [7, 11) is 0. The van der Waals surface area contributed by atoms with E-state index in [1.54, 1.807) is 12.2 Å². The van der Waals surface area contributed by atoms with E-state index in [-0.39, 0.29) is 11.8 Å². The van der Waals surface area contributed by atoms with E-state index in [9.17, 15) is 9.59 Å². The molecule has 0 heterocycles. The molecule has 0 aromatic carbocycles. The lowest BCUT2D eigenvalue weighted by Gasteiger charge is -1.93. The van der Waals surface area contributed by atoms with Gasteiger partial charge in [-0.1, -0.05) is 18.2 Å². The molecule has 3 nitrogen and oxygen atoms in total. The maximum absolute atomic E-state index is 10.5. The third kappa shape index (κ3) is 10.6. The molecule has 0 aromatic heterocycles. The van der Waals surface area contributed by atoms with Crippen LogP contribution in [0, 0.1) is 0 Å². The Labute approximate surface area is 84.4 Å². The Balaban J connectivity index is 3.35. The molecule has 0 saturated heterocycles. The largest absolute Gasteiger partial charge is 0.462 e. The minimum atomic E-state index is -0.272. The number of hydrogen-bond donors (Lipinski definition) is 0. The summed E-state index contributed by atoms with van der Waals surface area (Å²) in [6, 6.07) is 0. The molecule has 0 amide bonds. The third-order valence-corrected chi connectivity index (χ3v) is 1.40. The second-order valence-electron chi connectivity index (χ2n) is 2.86. The van der Waals surface area contributed by atoms with Gasteiger partial charge >= 0.3 is 5.97 Å². The van der Waals surface area contributed by atoms with Crippen LogP contribution in [0.4, 0.5) is 0 Å². The summed E-state index contributed by atoms with van der Waals surface area (Å²) in [5.41, 5.74) is 0. The van der Waals surface area contributed by atoms with Crippen molar-refractivity contribution in [2.45, 2.75) is 26.7 Å². The monoisotopic (exact) mass is 196 g/mol. The molecule has 0 bridgehead atoms. The molecular weight excluding hydrogens is 180 g/mol. The highest BCUT2D eigenvalue weighted by molar-refractivity contribution is 5.87. The Bertz CT molecular complexity index is 239. The highest BCUT2D eigenvalue weighted by Crippen LogP contribution is 1.93. The van der Waals surface area contributed by atoms with Gasteiger partial charge in [0.05, 0.1) is 0 Å². The number of unbranched alkanes of at least 4 members (excludes halogenated alkanes) is 1. The Morgan fingerprint density at radius 1 is 1.07 bits per heavy atom. The van der Waals surface area contributed by atoms with Gasteiger partial charge in [-0.05, 0) is 25.8 Å². The first-order valence-corrected chi connectivity index (χ1v) is 4.58. The molecule has 14 heavy (non-hydrogen) atoms. The van der Waals surface area contributed by atoms with Crippen molar-refractivity contribution in [1.82, 2.24) is 0 Å². The van der Waals surface area contributed by atoms with Crippen LogP contribution in [0.1, 0.15) is 26.7 Å². The minimum Gasteiger partial charge on any atom is -0.462 e. The molecule has 0 unspecified atom stereocenters. The summed E-state index contributed by atoms with van der Waals surface area (Å²) in [6.07, 6.45) is 8.79. The predicted molar refractivity (Wildman–Crippen MR) is 54.8 cm³/mol. The first kappa shape index (κ1) is 12.6. The lowest BCUT2D eigenvalue weighted by molar-refractivity contribution is -0.139. The van der Waals surface area contributed by atoms with E-state index >= 15 is 0 Å². The number of ether oxygens (including phenoxy) is 1. The fourth-order valence-electron chi connectivity index (χ4n) is 0.793. The van der Waals surface area contributed by atoms with Crippen molar-refractivity contribution < 1.29 is 14.3 Å².